The highest BCUT2D eigenvalue weighted by molar-refractivity contribution is 7.10. The lowest BCUT2D eigenvalue weighted by atomic mass is 9.97. The molecule has 5 nitrogen and oxygen atoms in total. The predicted octanol–water partition coefficient (Wildman–Crippen LogP) is 3.70. The molecule has 3 rings (SSSR count). The number of nitrogens with zero attached hydrogens (tertiary/aromatic N) is 5. The van der Waals surface area contributed by atoms with Gasteiger partial charge in [-0.1, -0.05) is 19.9 Å². The lowest BCUT2D eigenvalue weighted by molar-refractivity contribution is 0.137. The molecule has 2 aromatic heterocycles. The Morgan fingerprint density at radius 3 is 2.91 bits per heavy atom. The maximum absolute atomic E-state index is 4.45. The molecule has 0 bridgehead atoms. The second-order valence-electron chi connectivity index (χ2n) is 7.28. The number of likely N-dealkylation sites (tertiary alicyclic amines) is 1. The Bertz CT molecular complexity index is 619. The summed E-state index contributed by atoms with van der Waals surface area (Å²) < 4.78 is 2.04. The molecule has 0 amide bonds. The van der Waals surface area contributed by atoms with Crippen LogP contribution in [0, 0.1) is 5.92 Å². The molecule has 23 heavy (non-hydrogen) atoms. The molecule has 126 valence electrons. The zero-order valence-electron chi connectivity index (χ0n) is 14.6. The fourth-order valence-electron chi connectivity index (χ4n) is 3.32. The van der Waals surface area contributed by atoms with Crippen LogP contribution in [0.5, 0.6) is 0 Å². The molecule has 0 unspecified atom stereocenters. The van der Waals surface area contributed by atoms with Crippen LogP contribution in [0.25, 0.3) is 0 Å². The van der Waals surface area contributed by atoms with E-state index in [1.54, 1.807) is 11.3 Å². The molecule has 0 N–H and O–H groups in total. The number of hydrogen-bond donors (Lipinski definition) is 0. The molecule has 0 aromatic carbocycles. The lowest BCUT2D eigenvalue weighted by Crippen LogP contribution is -2.40. The van der Waals surface area contributed by atoms with Gasteiger partial charge in [-0.05, 0) is 67.4 Å². The van der Waals surface area contributed by atoms with Crippen molar-refractivity contribution in [1.82, 2.24) is 25.1 Å². The van der Waals surface area contributed by atoms with Crippen molar-refractivity contribution >= 4 is 11.3 Å². The molecule has 3 heterocycles. The number of piperidine rings is 1. The first-order valence-electron chi connectivity index (χ1n) is 8.59. The molecule has 1 aliphatic rings. The van der Waals surface area contributed by atoms with Gasteiger partial charge in [-0.15, -0.1) is 16.4 Å². The molecule has 2 atom stereocenters. The maximum Gasteiger partial charge on any atom is 0.174 e. The van der Waals surface area contributed by atoms with Gasteiger partial charge in [0.1, 0.15) is 6.04 Å². The predicted molar refractivity (Wildman–Crippen MR) is 93.6 cm³/mol. The molecule has 1 saturated heterocycles. The van der Waals surface area contributed by atoms with Gasteiger partial charge in [0.25, 0.3) is 0 Å². The van der Waals surface area contributed by atoms with E-state index < -0.39 is 0 Å². The average Bonchev–Trinajstić information content (AvgIpc) is 3.20. The Kier molecular flexibility index (Phi) is 4.82. The summed E-state index contributed by atoms with van der Waals surface area (Å²) in [6, 6.07) is 4.50. The highest BCUT2D eigenvalue weighted by atomic mass is 32.1. The molecule has 0 radical (unpaired) electrons. The minimum atomic E-state index is -0.0737. The van der Waals surface area contributed by atoms with Crippen LogP contribution >= 0.6 is 11.3 Å². The van der Waals surface area contributed by atoms with E-state index in [4.69, 9.17) is 0 Å². The summed E-state index contributed by atoms with van der Waals surface area (Å²) >= 11 is 1.80. The van der Waals surface area contributed by atoms with E-state index >= 15 is 0 Å². The fraction of sp³-hybridized carbons (Fsp3) is 0.706. The molecular formula is C17H27N5S. The fourth-order valence-corrected chi connectivity index (χ4v) is 4.18. The molecule has 0 saturated carbocycles. The first-order chi connectivity index (χ1) is 11.0. The summed E-state index contributed by atoms with van der Waals surface area (Å²) in [6.07, 6.45) is 3.57. The number of tetrazole rings is 1. The van der Waals surface area contributed by atoms with Gasteiger partial charge in [0.05, 0.1) is 5.54 Å². The summed E-state index contributed by atoms with van der Waals surface area (Å²) in [4.78, 5) is 3.90. The molecule has 0 spiro atoms. The molecule has 6 heteroatoms. The van der Waals surface area contributed by atoms with Crippen LogP contribution in [-0.4, -0.2) is 38.2 Å². The van der Waals surface area contributed by atoms with Gasteiger partial charge >= 0.3 is 0 Å². The first kappa shape index (κ1) is 16.6. The van der Waals surface area contributed by atoms with Gasteiger partial charge in [-0.25, -0.2) is 4.68 Å². The van der Waals surface area contributed by atoms with Gasteiger partial charge in [0.15, 0.2) is 5.82 Å². The van der Waals surface area contributed by atoms with Crippen molar-refractivity contribution in [3.05, 3.63) is 28.2 Å². The van der Waals surface area contributed by atoms with Crippen molar-refractivity contribution in [2.24, 2.45) is 5.92 Å². The van der Waals surface area contributed by atoms with Gasteiger partial charge in [0.2, 0.25) is 0 Å². The molecular weight excluding hydrogens is 306 g/mol. The average molecular weight is 334 g/mol. The third-order valence-electron chi connectivity index (χ3n) is 5.04. The second kappa shape index (κ2) is 6.69. The van der Waals surface area contributed by atoms with Crippen LogP contribution in [0.4, 0.5) is 0 Å². The van der Waals surface area contributed by atoms with Crippen molar-refractivity contribution < 1.29 is 0 Å². The summed E-state index contributed by atoms with van der Waals surface area (Å²) in [5.41, 5.74) is -0.0737. The standard InChI is InChI=1S/C17H27N5S/c1-5-17(3,4)22-16(18-19-20-22)15(14-9-7-11-23-14)21-10-6-8-13(2)12-21/h7,9,11,13,15H,5-6,8,10,12H2,1-4H3/t13-,15-/m0/s1. The number of aromatic nitrogens is 4. The van der Waals surface area contributed by atoms with Crippen LogP contribution < -0.4 is 0 Å². The van der Waals surface area contributed by atoms with Crippen LogP contribution in [-0.2, 0) is 5.54 Å². The van der Waals surface area contributed by atoms with E-state index in [1.807, 2.05) is 4.68 Å². The van der Waals surface area contributed by atoms with E-state index in [1.165, 1.54) is 17.7 Å². The normalized spacial score (nSPS) is 21.5. The monoisotopic (exact) mass is 333 g/mol. The van der Waals surface area contributed by atoms with Gasteiger partial charge in [-0.3, -0.25) is 4.90 Å². The Balaban J connectivity index is 2.02. The van der Waals surface area contributed by atoms with Crippen molar-refractivity contribution in [2.75, 3.05) is 13.1 Å². The van der Waals surface area contributed by atoms with E-state index in [2.05, 4.69) is 65.6 Å². The third-order valence-corrected chi connectivity index (χ3v) is 5.97. The lowest BCUT2D eigenvalue weighted by Gasteiger charge is -2.37. The van der Waals surface area contributed by atoms with E-state index in [-0.39, 0.29) is 11.6 Å². The van der Waals surface area contributed by atoms with Crippen molar-refractivity contribution in [1.29, 1.82) is 0 Å². The highest BCUT2D eigenvalue weighted by Gasteiger charge is 2.34. The summed E-state index contributed by atoms with van der Waals surface area (Å²) in [6.45, 7) is 11.2. The van der Waals surface area contributed by atoms with Crippen LogP contribution in [0.15, 0.2) is 17.5 Å². The number of hydrogen-bond acceptors (Lipinski definition) is 5. The SMILES string of the molecule is CCC(C)(C)n1nnnc1[C@H](c1cccs1)N1CCC[C@H](C)C1. The van der Waals surface area contributed by atoms with E-state index in [0.717, 1.165) is 31.3 Å². The Labute approximate surface area is 142 Å². The summed E-state index contributed by atoms with van der Waals surface area (Å²) in [7, 11) is 0. The van der Waals surface area contributed by atoms with Crippen molar-refractivity contribution in [2.45, 2.75) is 58.5 Å². The van der Waals surface area contributed by atoms with Crippen LogP contribution in [0.3, 0.4) is 0 Å². The largest absolute Gasteiger partial charge is 0.289 e. The van der Waals surface area contributed by atoms with Crippen molar-refractivity contribution in [3.8, 4) is 0 Å². The van der Waals surface area contributed by atoms with Crippen LogP contribution in [0.2, 0.25) is 0 Å². The summed E-state index contributed by atoms with van der Waals surface area (Å²) in [5.74, 6) is 1.71. The Morgan fingerprint density at radius 2 is 2.26 bits per heavy atom. The van der Waals surface area contributed by atoms with Gasteiger partial charge in [-0.2, -0.15) is 0 Å². The minimum Gasteiger partial charge on any atom is -0.289 e. The quantitative estimate of drug-likeness (QED) is 0.837. The zero-order valence-corrected chi connectivity index (χ0v) is 15.4. The topological polar surface area (TPSA) is 46.8 Å². The van der Waals surface area contributed by atoms with Gasteiger partial charge in [0, 0.05) is 11.4 Å². The Hall–Kier alpha value is -1.27. The third kappa shape index (κ3) is 3.33. The molecule has 1 fully saturated rings. The highest BCUT2D eigenvalue weighted by Crippen LogP contribution is 2.35. The van der Waals surface area contributed by atoms with Crippen molar-refractivity contribution in [3.63, 3.8) is 0 Å². The van der Waals surface area contributed by atoms with E-state index in [9.17, 15) is 0 Å². The van der Waals surface area contributed by atoms with E-state index in [0.29, 0.717) is 0 Å². The zero-order chi connectivity index (χ0) is 16.4. The molecule has 2 aromatic rings. The molecule has 1 aliphatic heterocycles. The minimum absolute atomic E-state index is 0.0737. The summed E-state index contributed by atoms with van der Waals surface area (Å²) in [5, 5.41) is 15.0. The molecule has 0 aliphatic carbocycles. The smallest absolute Gasteiger partial charge is 0.174 e. The van der Waals surface area contributed by atoms with Gasteiger partial charge < -0.3 is 0 Å². The second-order valence-corrected chi connectivity index (χ2v) is 8.25. The Morgan fingerprint density at radius 1 is 1.43 bits per heavy atom. The number of rotatable bonds is 5. The van der Waals surface area contributed by atoms with Crippen LogP contribution in [0.1, 0.15) is 63.7 Å². The first-order valence-corrected chi connectivity index (χ1v) is 9.47. The number of thiophene rings is 1. The maximum atomic E-state index is 4.45.